The first-order valence-corrected chi connectivity index (χ1v) is 3.89. The fourth-order valence-corrected chi connectivity index (χ4v) is 0.663. The third kappa shape index (κ3) is 3.81. The number of nitrogen functional groups attached to an aromatic ring is 4. The SMILES string of the molecule is Nc1ccc(N)nc1.Nc1nnc(N)o1. The molecule has 0 aromatic carbocycles. The van der Waals surface area contributed by atoms with Crippen LogP contribution in [0, 0.1) is 0 Å². The maximum atomic E-state index is 5.31. The van der Waals surface area contributed by atoms with Crippen LogP contribution in [0.25, 0.3) is 0 Å². The van der Waals surface area contributed by atoms with Gasteiger partial charge in [-0.25, -0.2) is 4.98 Å². The van der Waals surface area contributed by atoms with E-state index in [4.69, 9.17) is 22.9 Å². The maximum Gasteiger partial charge on any atom is 0.314 e. The molecule has 2 aromatic heterocycles. The van der Waals surface area contributed by atoms with Gasteiger partial charge >= 0.3 is 12.0 Å². The zero-order valence-corrected chi connectivity index (χ0v) is 7.79. The summed E-state index contributed by atoms with van der Waals surface area (Å²) in [6.07, 6.45) is 1.52. The molecule has 8 heteroatoms. The topological polar surface area (TPSA) is 156 Å². The summed E-state index contributed by atoms with van der Waals surface area (Å²) in [7, 11) is 0. The summed E-state index contributed by atoms with van der Waals surface area (Å²) in [5, 5.41) is 6.50. The molecule has 0 amide bonds. The van der Waals surface area contributed by atoms with Crippen molar-refractivity contribution in [3.05, 3.63) is 18.3 Å². The lowest BCUT2D eigenvalue weighted by Crippen LogP contribution is -1.90. The number of pyridine rings is 1. The van der Waals surface area contributed by atoms with Crippen LogP contribution >= 0.6 is 0 Å². The predicted molar refractivity (Wildman–Crippen MR) is 56.2 cm³/mol. The van der Waals surface area contributed by atoms with Crippen molar-refractivity contribution in [3.63, 3.8) is 0 Å². The van der Waals surface area contributed by atoms with Crippen LogP contribution in [0.2, 0.25) is 0 Å². The van der Waals surface area contributed by atoms with Crippen molar-refractivity contribution < 1.29 is 4.42 Å². The number of nitrogens with two attached hydrogens (primary N) is 4. The second-order valence-corrected chi connectivity index (χ2v) is 2.49. The zero-order valence-electron chi connectivity index (χ0n) is 7.79. The molecule has 0 aliphatic heterocycles. The second kappa shape index (κ2) is 4.65. The normalized spacial score (nSPS) is 9.07. The van der Waals surface area contributed by atoms with E-state index in [2.05, 4.69) is 19.6 Å². The molecular weight excluding hydrogens is 198 g/mol. The number of hydrogen-bond donors (Lipinski definition) is 4. The van der Waals surface area contributed by atoms with Crippen LogP contribution in [0.4, 0.5) is 23.5 Å². The number of nitrogens with zero attached hydrogens (tertiary/aromatic N) is 3. The first-order chi connectivity index (χ1) is 7.08. The molecule has 2 heterocycles. The van der Waals surface area contributed by atoms with Gasteiger partial charge in [-0.1, -0.05) is 10.2 Å². The molecule has 15 heavy (non-hydrogen) atoms. The minimum atomic E-state index is -0.00231. The first-order valence-electron chi connectivity index (χ1n) is 3.89. The molecule has 0 aliphatic rings. The van der Waals surface area contributed by atoms with Crippen LogP contribution in [0.5, 0.6) is 0 Å². The van der Waals surface area contributed by atoms with E-state index >= 15 is 0 Å². The van der Waals surface area contributed by atoms with Gasteiger partial charge in [-0.05, 0) is 12.1 Å². The molecular formula is C7H11N7O. The first kappa shape index (κ1) is 10.6. The van der Waals surface area contributed by atoms with Crippen molar-refractivity contribution in [2.75, 3.05) is 22.9 Å². The van der Waals surface area contributed by atoms with E-state index in [0.29, 0.717) is 11.5 Å². The van der Waals surface area contributed by atoms with Gasteiger partial charge in [-0.3, -0.25) is 0 Å². The summed E-state index contributed by atoms with van der Waals surface area (Å²) in [5.41, 5.74) is 21.1. The lowest BCUT2D eigenvalue weighted by atomic mass is 10.4. The van der Waals surface area contributed by atoms with Gasteiger partial charge in [0.2, 0.25) is 0 Å². The van der Waals surface area contributed by atoms with Crippen molar-refractivity contribution in [1.29, 1.82) is 0 Å². The smallest absolute Gasteiger partial charge is 0.314 e. The predicted octanol–water partition coefficient (Wildman–Crippen LogP) is -0.520. The summed E-state index contributed by atoms with van der Waals surface area (Å²) >= 11 is 0. The molecule has 2 rings (SSSR count). The molecule has 8 N–H and O–H groups in total. The monoisotopic (exact) mass is 209 g/mol. The Bertz CT molecular complexity index is 372. The second-order valence-electron chi connectivity index (χ2n) is 2.49. The zero-order chi connectivity index (χ0) is 11.3. The quantitative estimate of drug-likeness (QED) is 0.451. The minimum absolute atomic E-state index is 0.00231. The number of anilines is 4. The molecule has 2 aromatic rings. The van der Waals surface area contributed by atoms with Crippen molar-refractivity contribution in [2.24, 2.45) is 0 Å². The van der Waals surface area contributed by atoms with Gasteiger partial charge in [0.05, 0.1) is 11.9 Å². The Kier molecular flexibility index (Phi) is 3.28. The summed E-state index contributed by atoms with van der Waals surface area (Å²) in [6.45, 7) is 0. The summed E-state index contributed by atoms with van der Waals surface area (Å²) in [4.78, 5) is 3.73. The van der Waals surface area contributed by atoms with E-state index in [1.807, 2.05) is 0 Å². The summed E-state index contributed by atoms with van der Waals surface area (Å²) < 4.78 is 4.42. The van der Waals surface area contributed by atoms with Crippen LogP contribution in [-0.2, 0) is 0 Å². The molecule has 0 radical (unpaired) electrons. The lowest BCUT2D eigenvalue weighted by molar-refractivity contribution is 0.596. The van der Waals surface area contributed by atoms with E-state index in [0.717, 1.165) is 0 Å². The van der Waals surface area contributed by atoms with Gasteiger partial charge in [0.15, 0.2) is 0 Å². The lowest BCUT2D eigenvalue weighted by Gasteiger charge is -1.89. The molecule has 0 saturated heterocycles. The number of rotatable bonds is 0. The van der Waals surface area contributed by atoms with Gasteiger partial charge in [-0.2, -0.15) is 0 Å². The van der Waals surface area contributed by atoms with Crippen molar-refractivity contribution in [1.82, 2.24) is 15.2 Å². The Morgan fingerprint density at radius 3 is 1.80 bits per heavy atom. The van der Waals surface area contributed by atoms with Gasteiger partial charge in [0, 0.05) is 0 Å². The number of aromatic nitrogens is 3. The van der Waals surface area contributed by atoms with Gasteiger partial charge in [0.1, 0.15) is 5.82 Å². The highest BCUT2D eigenvalue weighted by Crippen LogP contribution is 2.00. The maximum absolute atomic E-state index is 5.31. The van der Waals surface area contributed by atoms with E-state index in [1.54, 1.807) is 12.1 Å². The third-order valence-electron chi connectivity index (χ3n) is 1.27. The molecule has 80 valence electrons. The van der Waals surface area contributed by atoms with Crippen molar-refractivity contribution in [3.8, 4) is 0 Å². The van der Waals surface area contributed by atoms with E-state index < -0.39 is 0 Å². The van der Waals surface area contributed by atoms with Gasteiger partial charge < -0.3 is 27.4 Å². The Hall–Kier alpha value is -2.51. The molecule has 0 bridgehead atoms. The van der Waals surface area contributed by atoms with E-state index in [-0.39, 0.29) is 12.0 Å². The summed E-state index contributed by atoms with van der Waals surface area (Å²) in [5.74, 6) is 0.499. The Morgan fingerprint density at radius 1 is 0.933 bits per heavy atom. The van der Waals surface area contributed by atoms with Gasteiger partial charge in [-0.15, -0.1) is 0 Å². The Balaban J connectivity index is 0.000000151. The van der Waals surface area contributed by atoms with E-state index in [1.165, 1.54) is 6.20 Å². The third-order valence-corrected chi connectivity index (χ3v) is 1.27. The Labute approximate surface area is 85.3 Å². The molecule has 0 fully saturated rings. The molecule has 8 nitrogen and oxygen atoms in total. The molecule has 0 atom stereocenters. The van der Waals surface area contributed by atoms with E-state index in [9.17, 15) is 0 Å². The van der Waals surface area contributed by atoms with Crippen LogP contribution < -0.4 is 22.9 Å². The largest absolute Gasteiger partial charge is 0.397 e. The molecule has 0 aliphatic carbocycles. The summed E-state index contributed by atoms with van der Waals surface area (Å²) in [6, 6.07) is 3.37. The van der Waals surface area contributed by atoms with Crippen molar-refractivity contribution in [2.45, 2.75) is 0 Å². The van der Waals surface area contributed by atoms with Crippen LogP contribution in [-0.4, -0.2) is 15.2 Å². The van der Waals surface area contributed by atoms with Gasteiger partial charge in [0.25, 0.3) is 0 Å². The van der Waals surface area contributed by atoms with Crippen LogP contribution in [0.3, 0.4) is 0 Å². The standard InChI is InChI=1S/C5H7N3.C2H4N4O/c6-4-1-2-5(7)8-3-4;3-1-5-6-2(4)7-1/h1-3H,6H2,(H2,7,8);(H2,3,5)(H2,4,6). The average molecular weight is 209 g/mol. The molecule has 0 unspecified atom stereocenters. The number of hydrogen-bond acceptors (Lipinski definition) is 8. The highest BCUT2D eigenvalue weighted by molar-refractivity contribution is 5.40. The highest BCUT2D eigenvalue weighted by atomic mass is 16.4. The fourth-order valence-electron chi connectivity index (χ4n) is 0.663. The molecule has 0 spiro atoms. The van der Waals surface area contributed by atoms with Crippen LogP contribution in [0.15, 0.2) is 22.7 Å². The highest BCUT2D eigenvalue weighted by Gasteiger charge is 1.91. The minimum Gasteiger partial charge on any atom is -0.397 e. The average Bonchev–Trinajstić information content (AvgIpc) is 2.56. The molecule has 0 saturated carbocycles. The Morgan fingerprint density at radius 2 is 1.53 bits per heavy atom. The van der Waals surface area contributed by atoms with Crippen molar-refractivity contribution >= 4 is 23.5 Å². The fraction of sp³-hybridized carbons (Fsp3) is 0. The van der Waals surface area contributed by atoms with Crippen LogP contribution in [0.1, 0.15) is 0 Å².